The molecule has 5 rings (SSSR count). The second-order valence-corrected chi connectivity index (χ2v) is 12.1. The number of hydrogen-bond donors (Lipinski definition) is 2. The van der Waals surface area contributed by atoms with Crippen molar-refractivity contribution in [3.8, 4) is 17.2 Å². The zero-order chi connectivity index (χ0) is 33.5. The minimum Gasteiger partial charge on any atom is -0.487 e. The first-order chi connectivity index (χ1) is 22.6. The number of esters is 1. The van der Waals surface area contributed by atoms with E-state index in [4.69, 9.17) is 14.2 Å². The molecule has 0 heterocycles. The second kappa shape index (κ2) is 15.1. The Balaban J connectivity index is 1.53. The number of hydrogen-bond acceptors (Lipinski definition) is 6. The average molecular weight is 673 g/mol. The molecule has 242 valence electrons. The molecule has 2 atom stereocenters. The van der Waals surface area contributed by atoms with Crippen LogP contribution in [0.15, 0.2) is 115 Å². The van der Waals surface area contributed by atoms with Gasteiger partial charge in [0.2, 0.25) is 0 Å². The summed E-state index contributed by atoms with van der Waals surface area (Å²) in [5, 5.41) is 0. The first-order valence-electron chi connectivity index (χ1n) is 14.3. The van der Waals surface area contributed by atoms with Crippen LogP contribution in [0.5, 0.6) is 17.2 Å². The van der Waals surface area contributed by atoms with Crippen LogP contribution in [0.3, 0.4) is 0 Å². The molecule has 5 aromatic rings. The van der Waals surface area contributed by atoms with Gasteiger partial charge in [-0.2, -0.15) is 0 Å². The Labute approximate surface area is 278 Å². The molecule has 12 heteroatoms. The standard InChI is InChI=1S/C35H32N2O8S2/c1-24-9-13-27(14-10-24)36(46(39)40)32-19-17-29(21-31(32)35(38)43-3)45-30-18-20-33(34(22-30)44-23-26-7-5-4-6-8-26)37(47(41)42)28-15-11-25(2)12-16-28/h4-22H,23H2,1-3H3,(H,39,40)(H,41,42). The number of methoxy groups -OCH3 is 1. The predicted octanol–water partition coefficient (Wildman–Crippen LogP) is 8.01. The van der Waals surface area contributed by atoms with Crippen molar-refractivity contribution in [3.05, 3.63) is 138 Å². The summed E-state index contributed by atoms with van der Waals surface area (Å²) in [6, 6.07) is 32.8. The molecule has 0 radical (unpaired) electrons. The Morgan fingerprint density at radius 2 is 1.19 bits per heavy atom. The number of carbonyl (C=O) groups excluding carboxylic acids is 1. The lowest BCUT2D eigenvalue weighted by Gasteiger charge is -2.24. The summed E-state index contributed by atoms with van der Waals surface area (Å²) in [5.74, 6) is 0.0495. The maximum absolute atomic E-state index is 12.9. The van der Waals surface area contributed by atoms with E-state index >= 15 is 0 Å². The number of aryl methyl sites for hydroxylation is 2. The van der Waals surface area contributed by atoms with Crippen LogP contribution in [0, 0.1) is 13.8 Å². The van der Waals surface area contributed by atoms with E-state index in [0.717, 1.165) is 21.0 Å². The van der Waals surface area contributed by atoms with E-state index in [9.17, 15) is 22.3 Å². The lowest BCUT2D eigenvalue weighted by Crippen LogP contribution is -2.22. The molecule has 10 nitrogen and oxygen atoms in total. The van der Waals surface area contributed by atoms with Crippen molar-refractivity contribution in [1.82, 2.24) is 0 Å². The molecule has 0 aliphatic rings. The minimum absolute atomic E-state index is 0.00799. The van der Waals surface area contributed by atoms with E-state index in [-0.39, 0.29) is 29.4 Å². The molecule has 0 amide bonds. The fraction of sp³-hybridized carbons (Fsp3) is 0.114. The van der Waals surface area contributed by atoms with E-state index in [1.54, 1.807) is 60.7 Å². The third kappa shape index (κ3) is 8.05. The van der Waals surface area contributed by atoms with Gasteiger partial charge in [-0.15, -0.1) is 0 Å². The highest BCUT2D eigenvalue weighted by atomic mass is 32.2. The highest BCUT2D eigenvalue weighted by Gasteiger charge is 2.25. The van der Waals surface area contributed by atoms with Crippen LogP contribution in [0.2, 0.25) is 0 Å². The maximum atomic E-state index is 12.9. The fourth-order valence-corrected chi connectivity index (χ4v) is 5.98. The first-order valence-corrected chi connectivity index (χ1v) is 16.4. The van der Waals surface area contributed by atoms with Crippen molar-refractivity contribution < 1.29 is 36.5 Å². The second-order valence-electron chi connectivity index (χ2n) is 10.4. The lowest BCUT2D eigenvalue weighted by atomic mass is 10.1. The summed E-state index contributed by atoms with van der Waals surface area (Å²) in [6.07, 6.45) is 0. The molecule has 0 bridgehead atoms. The average Bonchev–Trinajstić information content (AvgIpc) is 3.07. The van der Waals surface area contributed by atoms with Gasteiger partial charge < -0.3 is 14.2 Å². The summed E-state index contributed by atoms with van der Waals surface area (Å²) in [6.45, 7) is 3.99. The van der Waals surface area contributed by atoms with Gasteiger partial charge in [0.1, 0.15) is 23.9 Å². The molecular weight excluding hydrogens is 641 g/mol. The summed E-state index contributed by atoms with van der Waals surface area (Å²) in [7, 11) is 1.21. The van der Waals surface area contributed by atoms with Gasteiger partial charge in [0, 0.05) is 6.07 Å². The number of benzene rings is 5. The Morgan fingerprint density at radius 1 is 0.681 bits per heavy atom. The van der Waals surface area contributed by atoms with E-state index in [2.05, 4.69) is 0 Å². The first kappa shape index (κ1) is 33.4. The van der Waals surface area contributed by atoms with Crippen LogP contribution in [0.4, 0.5) is 22.7 Å². The molecule has 47 heavy (non-hydrogen) atoms. The van der Waals surface area contributed by atoms with Crippen LogP contribution in [0.25, 0.3) is 0 Å². The van der Waals surface area contributed by atoms with E-state index in [1.807, 2.05) is 56.3 Å². The number of rotatable bonds is 12. The van der Waals surface area contributed by atoms with Crippen LogP contribution in [-0.4, -0.2) is 30.6 Å². The predicted molar refractivity (Wildman–Crippen MR) is 183 cm³/mol. The quantitative estimate of drug-likeness (QED) is 0.101. The van der Waals surface area contributed by atoms with E-state index < -0.39 is 28.5 Å². The number of anilines is 4. The highest BCUT2D eigenvalue weighted by Crippen LogP contribution is 2.40. The van der Waals surface area contributed by atoms with Crippen molar-refractivity contribution in [2.24, 2.45) is 0 Å². The van der Waals surface area contributed by atoms with Crippen molar-refractivity contribution in [3.63, 3.8) is 0 Å². The Kier molecular flexibility index (Phi) is 10.7. The zero-order valence-electron chi connectivity index (χ0n) is 25.7. The topological polar surface area (TPSA) is 126 Å². The third-order valence-electron chi connectivity index (χ3n) is 7.06. The molecular formula is C35H32N2O8S2. The summed E-state index contributed by atoms with van der Waals surface area (Å²) < 4.78 is 65.3. The van der Waals surface area contributed by atoms with Crippen molar-refractivity contribution in [2.75, 3.05) is 15.7 Å². The monoisotopic (exact) mass is 672 g/mol. The minimum atomic E-state index is -2.52. The van der Waals surface area contributed by atoms with Gasteiger partial charge >= 0.3 is 5.97 Å². The molecule has 0 fully saturated rings. The Bertz CT molecular complexity index is 1900. The molecule has 2 N–H and O–H groups in total. The van der Waals surface area contributed by atoms with Crippen LogP contribution in [-0.2, 0) is 33.9 Å². The molecule has 0 spiro atoms. The van der Waals surface area contributed by atoms with Gasteiger partial charge in [-0.25, -0.2) is 21.8 Å². The molecule has 0 aliphatic heterocycles. The normalized spacial score (nSPS) is 12.1. The fourth-order valence-electron chi connectivity index (χ4n) is 4.73. The summed E-state index contributed by atoms with van der Waals surface area (Å²) in [4.78, 5) is 12.9. The smallest absolute Gasteiger partial charge is 0.340 e. The number of ether oxygens (including phenoxy) is 3. The van der Waals surface area contributed by atoms with Gasteiger partial charge in [-0.1, -0.05) is 65.7 Å². The van der Waals surface area contributed by atoms with Gasteiger partial charge in [-0.05, 0) is 74.0 Å². The Hall–Kier alpha value is -5.01. The van der Waals surface area contributed by atoms with Crippen molar-refractivity contribution >= 4 is 51.3 Å². The molecule has 0 aromatic heterocycles. The molecule has 0 saturated carbocycles. The van der Waals surface area contributed by atoms with E-state index in [0.29, 0.717) is 22.8 Å². The maximum Gasteiger partial charge on any atom is 0.340 e. The largest absolute Gasteiger partial charge is 0.487 e. The zero-order valence-corrected chi connectivity index (χ0v) is 27.4. The molecule has 2 unspecified atom stereocenters. The SMILES string of the molecule is COC(=O)c1cc(Oc2ccc(N(c3ccc(C)cc3)S(=O)O)c(OCc3ccccc3)c2)ccc1N(c1ccc(C)cc1)S(=O)O. The van der Waals surface area contributed by atoms with Gasteiger partial charge in [0.05, 0.1) is 35.4 Å². The third-order valence-corrected chi connectivity index (χ3v) is 8.50. The van der Waals surface area contributed by atoms with Gasteiger partial charge in [0.15, 0.2) is 0 Å². The van der Waals surface area contributed by atoms with Crippen LogP contribution < -0.4 is 18.1 Å². The molecule has 0 saturated heterocycles. The number of carbonyl (C=O) groups is 1. The lowest BCUT2D eigenvalue weighted by molar-refractivity contribution is 0.0601. The van der Waals surface area contributed by atoms with Crippen LogP contribution >= 0.6 is 0 Å². The Morgan fingerprint density at radius 3 is 1.72 bits per heavy atom. The van der Waals surface area contributed by atoms with Gasteiger partial charge in [0.25, 0.3) is 22.5 Å². The van der Waals surface area contributed by atoms with E-state index in [1.165, 1.54) is 23.5 Å². The summed E-state index contributed by atoms with van der Waals surface area (Å²) >= 11 is -4.96. The van der Waals surface area contributed by atoms with Gasteiger partial charge in [-0.3, -0.25) is 9.11 Å². The molecule has 0 aliphatic carbocycles. The highest BCUT2D eigenvalue weighted by molar-refractivity contribution is 7.81. The van der Waals surface area contributed by atoms with Crippen molar-refractivity contribution in [2.45, 2.75) is 20.5 Å². The van der Waals surface area contributed by atoms with Crippen molar-refractivity contribution in [1.29, 1.82) is 0 Å². The molecule has 5 aromatic carbocycles. The van der Waals surface area contributed by atoms with Crippen LogP contribution in [0.1, 0.15) is 27.0 Å². The summed E-state index contributed by atoms with van der Waals surface area (Å²) in [5.41, 5.74) is 4.16. The number of nitrogens with zero attached hydrogens (tertiary/aromatic N) is 2.